The number of aliphatic hydroxyl groups is 1. The molecule has 6 nitrogen and oxygen atoms in total. The molecule has 1 aromatic carbocycles. The molecule has 1 aromatic heterocycles. The number of aromatic nitrogens is 2. The van der Waals surface area contributed by atoms with Gasteiger partial charge in [-0.1, -0.05) is 29.8 Å². The number of carbonyl (C=O) groups excluding carboxylic acids is 1. The van der Waals surface area contributed by atoms with Crippen LogP contribution in [0.4, 0.5) is 0 Å². The molecular formula is C18H27ClN4O2. The smallest absolute Gasteiger partial charge is 0.244 e. The van der Waals surface area contributed by atoms with Crippen LogP contribution in [0.3, 0.4) is 0 Å². The number of benzene rings is 1. The standard InChI is InChI=1S/C18H26N4O2.ClH/c1-5-22(12-16(23)14-8-6-13(2)7-9-14)18(24)17(19-3)15-10-20-21(4)11-15;/h6-11,16-17,19,23H,5,12H2,1-4H3;1H. The van der Waals surface area contributed by atoms with Crippen LogP contribution in [0.15, 0.2) is 36.7 Å². The van der Waals surface area contributed by atoms with Gasteiger partial charge in [0.05, 0.1) is 18.8 Å². The highest BCUT2D eigenvalue weighted by Crippen LogP contribution is 2.19. The highest BCUT2D eigenvalue weighted by molar-refractivity contribution is 5.85. The number of rotatable bonds is 7. The summed E-state index contributed by atoms with van der Waals surface area (Å²) < 4.78 is 1.67. The minimum absolute atomic E-state index is 0. The topological polar surface area (TPSA) is 70.4 Å². The van der Waals surface area contributed by atoms with Crippen molar-refractivity contribution in [1.82, 2.24) is 20.0 Å². The fraction of sp³-hybridized carbons (Fsp3) is 0.444. The van der Waals surface area contributed by atoms with Gasteiger partial charge in [-0.15, -0.1) is 12.4 Å². The maximum atomic E-state index is 12.9. The van der Waals surface area contributed by atoms with Gasteiger partial charge in [-0.25, -0.2) is 0 Å². The second kappa shape index (κ2) is 9.56. The van der Waals surface area contributed by atoms with Gasteiger partial charge >= 0.3 is 0 Å². The molecule has 0 spiro atoms. The molecule has 0 saturated heterocycles. The molecule has 25 heavy (non-hydrogen) atoms. The van der Waals surface area contributed by atoms with E-state index in [1.165, 1.54) is 0 Å². The monoisotopic (exact) mass is 366 g/mol. The highest BCUT2D eigenvalue weighted by Gasteiger charge is 2.26. The van der Waals surface area contributed by atoms with E-state index in [0.717, 1.165) is 16.7 Å². The summed E-state index contributed by atoms with van der Waals surface area (Å²) in [7, 11) is 3.57. The number of amides is 1. The Hall–Kier alpha value is -1.89. The van der Waals surface area contributed by atoms with E-state index in [2.05, 4.69) is 10.4 Å². The third kappa shape index (κ3) is 5.29. The average molecular weight is 367 g/mol. The number of hydrogen-bond donors (Lipinski definition) is 2. The zero-order valence-electron chi connectivity index (χ0n) is 15.1. The zero-order chi connectivity index (χ0) is 17.7. The molecule has 0 saturated carbocycles. The fourth-order valence-corrected chi connectivity index (χ4v) is 2.68. The number of nitrogens with one attached hydrogen (secondary N) is 1. The Morgan fingerprint density at radius 1 is 1.32 bits per heavy atom. The summed E-state index contributed by atoms with van der Waals surface area (Å²) in [6.45, 7) is 4.70. The zero-order valence-corrected chi connectivity index (χ0v) is 16.0. The van der Waals surface area contributed by atoms with Gasteiger partial charge in [-0.05, 0) is 26.5 Å². The number of aryl methyl sites for hydroxylation is 2. The first-order chi connectivity index (χ1) is 11.5. The summed E-state index contributed by atoms with van der Waals surface area (Å²) in [5, 5.41) is 17.6. The molecule has 0 fully saturated rings. The van der Waals surface area contributed by atoms with E-state index >= 15 is 0 Å². The Morgan fingerprint density at radius 3 is 2.44 bits per heavy atom. The van der Waals surface area contributed by atoms with E-state index in [-0.39, 0.29) is 24.9 Å². The minimum atomic E-state index is -0.707. The molecule has 0 bridgehead atoms. The number of hydrogen-bond acceptors (Lipinski definition) is 4. The van der Waals surface area contributed by atoms with Crippen LogP contribution in [0.1, 0.15) is 35.8 Å². The van der Waals surface area contributed by atoms with Crippen LogP contribution in [0.2, 0.25) is 0 Å². The second-order valence-corrected chi connectivity index (χ2v) is 5.97. The van der Waals surface area contributed by atoms with Crippen LogP contribution >= 0.6 is 12.4 Å². The molecule has 0 aliphatic carbocycles. The first-order valence-electron chi connectivity index (χ1n) is 8.15. The van der Waals surface area contributed by atoms with Crippen molar-refractivity contribution in [2.24, 2.45) is 7.05 Å². The molecule has 1 heterocycles. The number of aliphatic hydroxyl groups excluding tert-OH is 1. The van der Waals surface area contributed by atoms with E-state index in [4.69, 9.17) is 0 Å². The molecule has 2 atom stereocenters. The van der Waals surface area contributed by atoms with Gasteiger partial charge in [0.15, 0.2) is 0 Å². The summed E-state index contributed by atoms with van der Waals surface area (Å²) in [5.41, 5.74) is 2.77. The highest BCUT2D eigenvalue weighted by atomic mass is 35.5. The third-order valence-electron chi connectivity index (χ3n) is 4.14. The predicted octanol–water partition coefficient (Wildman–Crippen LogP) is 1.99. The largest absolute Gasteiger partial charge is 0.387 e. The van der Waals surface area contributed by atoms with Crippen molar-refractivity contribution < 1.29 is 9.90 Å². The van der Waals surface area contributed by atoms with E-state index in [1.54, 1.807) is 22.8 Å². The predicted molar refractivity (Wildman–Crippen MR) is 101 cm³/mol. The van der Waals surface area contributed by atoms with Crippen LogP contribution in [-0.2, 0) is 11.8 Å². The van der Waals surface area contributed by atoms with Crippen LogP contribution in [0.25, 0.3) is 0 Å². The molecule has 1 amide bonds. The Labute approximate surface area is 155 Å². The van der Waals surface area contributed by atoms with Gasteiger partial charge in [0.25, 0.3) is 0 Å². The van der Waals surface area contributed by atoms with Gasteiger partial charge in [0, 0.05) is 25.4 Å². The molecule has 0 radical (unpaired) electrons. The van der Waals surface area contributed by atoms with E-state index in [1.807, 2.05) is 51.4 Å². The van der Waals surface area contributed by atoms with Crippen molar-refractivity contribution in [2.45, 2.75) is 26.0 Å². The van der Waals surface area contributed by atoms with Gasteiger partial charge in [0.1, 0.15) is 6.04 Å². The normalized spacial score (nSPS) is 13.0. The van der Waals surface area contributed by atoms with Crippen molar-refractivity contribution >= 4 is 18.3 Å². The molecule has 0 aliphatic rings. The van der Waals surface area contributed by atoms with Crippen LogP contribution in [0, 0.1) is 6.92 Å². The maximum Gasteiger partial charge on any atom is 0.244 e. The van der Waals surface area contributed by atoms with Crippen molar-refractivity contribution in [3.63, 3.8) is 0 Å². The minimum Gasteiger partial charge on any atom is -0.387 e. The van der Waals surface area contributed by atoms with Crippen LogP contribution in [-0.4, -0.2) is 45.8 Å². The average Bonchev–Trinajstić information content (AvgIpc) is 2.99. The Balaban J connectivity index is 0.00000312. The SMILES string of the molecule is CCN(CC(O)c1ccc(C)cc1)C(=O)C(NC)c1cnn(C)c1.Cl. The van der Waals surface area contributed by atoms with Gasteiger partial charge in [-0.2, -0.15) is 5.10 Å². The van der Waals surface area contributed by atoms with Gasteiger partial charge in [-0.3, -0.25) is 9.48 Å². The lowest BCUT2D eigenvalue weighted by atomic mass is 10.1. The summed E-state index contributed by atoms with van der Waals surface area (Å²) in [6.07, 6.45) is 2.80. The fourth-order valence-electron chi connectivity index (χ4n) is 2.68. The Bertz CT molecular complexity index is 672. The van der Waals surface area contributed by atoms with Crippen molar-refractivity contribution in [3.05, 3.63) is 53.3 Å². The van der Waals surface area contributed by atoms with Crippen LogP contribution in [0.5, 0.6) is 0 Å². The molecular weight excluding hydrogens is 340 g/mol. The second-order valence-electron chi connectivity index (χ2n) is 5.97. The number of likely N-dealkylation sites (N-methyl/N-ethyl adjacent to an activating group) is 2. The Morgan fingerprint density at radius 2 is 1.96 bits per heavy atom. The molecule has 2 unspecified atom stereocenters. The number of halogens is 1. The molecule has 7 heteroatoms. The van der Waals surface area contributed by atoms with E-state index < -0.39 is 12.1 Å². The quantitative estimate of drug-likeness (QED) is 0.786. The summed E-state index contributed by atoms with van der Waals surface area (Å²) in [4.78, 5) is 14.5. The van der Waals surface area contributed by atoms with Crippen molar-refractivity contribution in [3.8, 4) is 0 Å². The number of carbonyl (C=O) groups is 1. The molecule has 2 rings (SSSR count). The van der Waals surface area contributed by atoms with Crippen molar-refractivity contribution in [1.29, 1.82) is 0 Å². The van der Waals surface area contributed by atoms with Gasteiger partial charge in [0.2, 0.25) is 5.91 Å². The lowest BCUT2D eigenvalue weighted by Gasteiger charge is -2.28. The third-order valence-corrected chi connectivity index (χ3v) is 4.14. The first-order valence-corrected chi connectivity index (χ1v) is 8.15. The number of nitrogens with zero attached hydrogens (tertiary/aromatic N) is 3. The Kier molecular flexibility index (Phi) is 8.09. The molecule has 2 N–H and O–H groups in total. The molecule has 138 valence electrons. The molecule has 0 aliphatic heterocycles. The first kappa shape index (κ1) is 21.2. The summed E-state index contributed by atoms with van der Waals surface area (Å²) >= 11 is 0. The van der Waals surface area contributed by atoms with Gasteiger partial charge < -0.3 is 15.3 Å². The maximum absolute atomic E-state index is 12.9. The van der Waals surface area contributed by atoms with Crippen LogP contribution < -0.4 is 5.32 Å². The van der Waals surface area contributed by atoms with Crippen molar-refractivity contribution in [2.75, 3.05) is 20.1 Å². The van der Waals surface area contributed by atoms with E-state index in [0.29, 0.717) is 6.54 Å². The lowest BCUT2D eigenvalue weighted by molar-refractivity contribution is -0.134. The summed E-state index contributed by atoms with van der Waals surface area (Å²) in [5.74, 6) is -0.0702. The molecule has 2 aromatic rings. The van der Waals surface area contributed by atoms with E-state index in [9.17, 15) is 9.90 Å². The summed E-state index contributed by atoms with van der Waals surface area (Å²) in [6, 6.07) is 7.25. The lowest BCUT2D eigenvalue weighted by Crippen LogP contribution is -2.41.